The predicted octanol–water partition coefficient (Wildman–Crippen LogP) is 3.67. The van der Waals surface area contributed by atoms with E-state index in [1.807, 2.05) is 18.2 Å². The fraction of sp³-hybridized carbons (Fsp3) is 0.500. The van der Waals surface area contributed by atoms with E-state index >= 15 is 0 Å². The van der Waals surface area contributed by atoms with Crippen LogP contribution >= 0.6 is 0 Å². The molecule has 0 spiro atoms. The van der Waals surface area contributed by atoms with E-state index in [-0.39, 0.29) is 5.91 Å². The number of amides is 1. The Morgan fingerprint density at radius 2 is 2.05 bits per heavy atom. The summed E-state index contributed by atoms with van der Waals surface area (Å²) in [6.45, 7) is 5.82. The smallest absolute Gasteiger partial charge is 0.246 e. The van der Waals surface area contributed by atoms with Crippen molar-refractivity contribution in [1.82, 2.24) is 5.32 Å². The summed E-state index contributed by atoms with van der Waals surface area (Å²) in [5.41, 5.74) is 2.51. The van der Waals surface area contributed by atoms with E-state index in [0.29, 0.717) is 30.2 Å². The highest BCUT2D eigenvalue weighted by Crippen LogP contribution is 2.38. The molecule has 0 atom stereocenters. The Morgan fingerprint density at radius 1 is 1.33 bits per heavy atom. The molecule has 3 heteroatoms. The number of para-hydroxylation sites is 1. The molecule has 2 rings (SSSR count). The number of rotatable bonds is 5. The van der Waals surface area contributed by atoms with Crippen LogP contribution in [0.5, 0.6) is 5.75 Å². The number of phenols is 1. The molecular formula is C18H25NO2. The molecular weight excluding hydrogens is 262 g/mol. The zero-order valence-electron chi connectivity index (χ0n) is 12.8. The Balaban J connectivity index is 2.00. The number of benzene rings is 1. The molecule has 0 unspecified atom stereocenters. The maximum absolute atomic E-state index is 11.5. The normalized spacial score (nSPS) is 15.7. The van der Waals surface area contributed by atoms with Crippen LogP contribution in [0.1, 0.15) is 56.1 Å². The van der Waals surface area contributed by atoms with Gasteiger partial charge in [0.1, 0.15) is 5.75 Å². The van der Waals surface area contributed by atoms with Gasteiger partial charge in [0.25, 0.3) is 0 Å². The number of carbonyl (C=O) groups is 1. The molecule has 0 aromatic heterocycles. The lowest BCUT2D eigenvalue weighted by Gasteiger charge is -2.23. The standard InChI is InChI=1S/C18H25NO2/c1-13(2)18(21)19-12-11-15-9-6-10-16(17(15)20)14-7-4-3-5-8-14/h6,9-10,14,20H,1,3-5,7-8,11-12H2,2H3,(H,19,21). The molecule has 1 aliphatic rings. The van der Waals surface area contributed by atoms with Crippen molar-refractivity contribution < 1.29 is 9.90 Å². The first-order valence-corrected chi connectivity index (χ1v) is 7.84. The topological polar surface area (TPSA) is 49.3 Å². The quantitative estimate of drug-likeness (QED) is 0.812. The molecule has 2 N–H and O–H groups in total. The van der Waals surface area contributed by atoms with Gasteiger partial charge in [-0.05, 0) is 43.2 Å². The highest BCUT2D eigenvalue weighted by molar-refractivity contribution is 5.92. The second-order valence-corrected chi connectivity index (χ2v) is 5.98. The van der Waals surface area contributed by atoms with Crippen LogP contribution in [0.4, 0.5) is 0 Å². The van der Waals surface area contributed by atoms with Crippen LogP contribution in [-0.4, -0.2) is 17.6 Å². The van der Waals surface area contributed by atoms with Gasteiger partial charge in [-0.25, -0.2) is 0 Å². The fourth-order valence-electron chi connectivity index (χ4n) is 3.02. The predicted molar refractivity (Wildman–Crippen MR) is 85.5 cm³/mol. The summed E-state index contributed by atoms with van der Waals surface area (Å²) in [5, 5.41) is 13.3. The van der Waals surface area contributed by atoms with E-state index in [9.17, 15) is 9.90 Å². The maximum atomic E-state index is 11.5. The van der Waals surface area contributed by atoms with E-state index in [2.05, 4.69) is 11.9 Å². The SMILES string of the molecule is C=C(C)C(=O)NCCc1cccc(C2CCCCC2)c1O. The third kappa shape index (κ3) is 4.10. The van der Waals surface area contributed by atoms with Crippen molar-refractivity contribution in [3.05, 3.63) is 41.5 Å². The molecule has 1 amide bonds. The van der Waals surface area contributed by atoms with Crippen molar-refractivity contribution in [2.75, 3.05) is 6.54 Å². The summed E-state index contributed by atoms with van der Waals surface area (Å²) in [6, 6.07) is 6.00. The molecule has 1 fully saturated rings. The van der Waals surface area contributed by atoms with E-state index < -0.39 is 0 Å². The van der Waals surface area contributed by atoms with E-state index in [4.69, 9.17) is 0 Å². The Labute approximate surface area is 127 Å². The van der Waals surface area contributed by atoms with Crippen molar-refractivity contribution in [3.63, 3.8) is 0 Å². The van der Waals surface area contributed by atoms with Crippen molar-refractivity contribution in [3.8, 4) is 5.75 Å². The van der Waals surface area contributed by atoms with Gasteiger partial charge >= 0.3 is 0 Å². The first-order valence-electron chi connectivity index (χ1n) is 7.84. The average Bonchev–Trinajstić information content (AvgIpc) is 2.49. The van der Waals surface area contributed by atoms with Gasteiger partial charge in [-0.3, -0.25) is 4.79 Å². The molecule has 0 heterocycles. The van der Waals surface area contributed by atoms with Gasteiger partial charge in [0, 0.05) is 12.1 Å². The third-order valence-corrected chi connectivity index (χ3v) is 4.26. The van der Waals surface area contributed by atoms with Crippen LogP contribution in [0.25, 0.3) is 0 Å². The highest BCUT2D eigenvalue weighted by Gasteiger charge is 2.19. The van der Waals surface area contributed by atoms with Gasteiger partial charge in [0.2, 0.25) is 5.91 Å². The Morgan fingerprint density at radius 3 is 2.71 bits per heavy atom. The second-order valence-electron chi connectivity index (χ2n) is 5.98. The monoisotopic (exact) mass is 287 g/mol. The highest BCUT2D eigenvalue weighted by atomic mass is 16.3. The maximum Gasteiger partial charge on any atom is 0.246 e. The number of nitrogens with one attached hydrogen (secondary N) is 1. The van der Waals surface area contributed by atoms with Crippen molar-refractivity contribution in [2.24, 2.45) is 0 Å². The lowest BCUT2D eigenvalue weighted by atomic mass is 9.83. The van der Waals surface area contributed by atoms with Crippen molar-refractivity contribution in [1.29, 1.82) is 0 Å². The zero-order valence-corrected chi connectivity index (χ0v) is 12.8. The van der Waals surface area contributed by atoms with Gasteiger partial charge in [0.05, 0.1) is 0 Å². The summed E-state index contributed by atoms with van der Waals surface area (Å²) in [7, 11) is 0. The van der Waals surface area contributed by atoms with Gasteiger partial charge in [0.15, 0.2) is 0 Å². The number of hydrogen-bond acceptors (Lipinski definition) is 2. The minimum absolute atomic E-state index is 0.127. The summed E-state index contributed by atoms with van der Waals surface area (Å²) in [6.07, 6.45) is 6.80. The van der Waals surface area contributed by atoms with Gasteiger partial charge in [-0.1, -0.05) is 44.0 Å². The van der Waals surface area contributed by atoms with Gasteiger partial charge in [-0.15, -0.1) is 0 Å². The molecule has 1 aromatic rings. The Hall–Kier alpha value is -1.77. The van der Waals surface area contributed by atoms with Crippen LogP contribution in [0.15, 0.2) is 30.4 Å². The average molecular weight is 287 g/mol. The van der Waals surface area contributed by atoms with Gasteiger partial charge < -0.3 is 10.4 Å². The summed E-state index contributed by atoms with van der Waals surface area (Å²) < 4.78 is 0. The van der Waals surface area contributed by atoms with E-state index in [1.54, 1.807) is 6.92 Å². The van der Waals surface area contributed by atoms with Crippen LogP contribution < -0.4 is 5.32 Å². The molecule has 114 valence electrons. The lowest BCUT2D eigenvalue weighted by Crippen LogP contribution is -2.26. The third-order valence-electron chi connectivity index (χ3n) is 4.26. The Kier molecular flexibility index (Phi) is 5.43. The lowest BCUT2D eigenvalue weighted by molar-refractivity contribution is -0.117. The summed E-state index contributed by atoms with van der Waals surface area (Å²) >= 11 is 0. The number of phenolic OH excluding ortho intramolecular Hbond substituents is 1. The van der Waals surface area contributed by atoms with Crippen LogP contribution in [0.3, 0.4) is 0 Å². The first-order chi connectivity index (χ1) is 10.1. The molecule has 0 radical (unpaired) electrons. The van der Waals surface area contributed by atoms with E-state index in [0.717, 1.165) is 11.1 Å². The molecule has 0 saturated heterocycles. The molecule has 3 nitrogen and oxygen atoms in total. The Bertz CT molecular complexity index is 516. The minimum atomic E-state index is -0.127. The van der Waals surface area contributed by atoms with Crippen LogP contribution in [0.2, 0.25) is 0 Å². The molecule has 1 aliphatic carbocycles. The second kappa shape index (κ2) is 7.30. The van der Waals surface area contributed by atoms with Crippen LogP contribution in [-0.2, 0) is 11.2 Å². The number of hydrogen-bond donors (Lipinski definition) is 2. The summed E-state index contributed by atoms with van der Waals surface area (Å²) in [5.74, 6) is 0.788. The van der Waals surface area contributed by atoms with Crippen molar-refractivity contribution >= 4 is 5.91 Å². The largest absolute Gasteiger partial charge is 0.507 e. The fourth-order valence-corrected chi connectivity index (χ4v) is 3.02. The molecule has 0 bridgehead atoms. The van der Waals surface area contributed by atoms with Crippen LogP contribution in [0, 0.1) is 0 Å². The van der Waals surface area contributed by atoms with Crippen molar-refractivity contribution in [2.45, 2.75) is 51.4 Å². The number of aromatic hydroxyl groups is 1. The molecule has 1 aromatic carbocycles. The first kappa shape index (κ1) is 15.6. The van der Waals surface area contributed by atoms with E-state index in [1.165, 1.54) is 32.1 Å². The molecule has 1 saturated carbocycles. The zero-order chi connectivity index (χ0) is 15.2. The minimum Gasteiger partial charge on any atom is -0.507 e. The molecule has 0 aliphatic heterocycles. The molecule has 21 heavy (non-hydrogen) atoms. The van der Waals surface area contributed by atoms with Gasteiger partial charge in [-0.2, -0.15) is 0 Å². The number of carbonyl (C=O) groups excluding carboxylic acids is 1. The summed E-state index contributed by atoms with van der Waals surface area (Å²) in [4.78, 5) is 11.5.